The molecular formula is C7H8BrN3O. The molecule has 0 aliphatic rings. The van der Waals surface area contributed by atoms with Crippen LogP contribution >= 0.6 is 15.9 Å². The van der Waals surface area contributed by atoms with Gasteiger partial charge in [0.2, 0.25) is 0 Å². The van der Waals surface area contributed by atoms with Crippen molar-refractivity contribution in [2.45, 2.75) is 6.92 Å². The molecule has 0 aromatic carbocycles. The van der Waals surface area contributed by atoms with Crippen molar-refractivity contribution in [3.8, 4) is 0 Å². The molecule has 0 spiro atoms. The van der Waals surface area contributed by atoms with Gasteiger partial charge in [0.05, 0.1) is 5.69 Å². The van der Waals surface area contributed by atoms with E-state index in [1.165, 1.54) is 0 Å². The van der Waals surface area contributed by atoms with E-state index in [1.807, 2.05) is 6.92 Å². The Bertz CT molecular complexity index is 324. The highest BCUT2D eigenvalue weighted by Gasteiger charge is 2.02. The first kappa shape index (κ1) is 8.99. The Morgan fingerprint density at radius 1 is 1.75 bits per heavy atom. The van der Waals surface area contributed by atoms with Crippen molar-refractivity contribution < 1.29 is 5.21 Å². The van der Waals surface area contributed by atoms with E-state index in [4.69, 9.17) is 10.9 Å². The minimum atomic E-state index is 0.0585. The number of halogens is 1. The third-order valence-corrected chi connectivity index (χ3v) is 2.23. The highest BCUT2D eigenvalue weighted by molar-refractivity contribution is 9.10. The minimum Gasteiger partial charge on any atom is -0.409 e. The standard InChI is InChI=1S/C7H8BrN3O/c1-4-6(8)2-5(3-10-4)7(9)11-12/h2-3,12H,1H3,(H2,9,11). The molecule has 0 aliphatic carbocycles. The molecule has 1 aromatic rings. The summed E-state index contributed by atoms with van der Waals surface area (Å²) in [4.78, 5) is 4.03. The molecule has 64 valence electrons. The second-order valence-electron chi connectivity index (χ2n) is 2.28. The average Bonchev–Trinajstić information content (AvgIpc) is 2.08. The fraction of sp³-hybridized carbons (Fsp3) is 0.143. The maximum absolute atomic E-state index is 8.37. The Morgan fingerprint density at radius 2 is 2.42 bits per heavy atom. The average molecular weight is 230 g/mol. The molecule has 0 amide bonds. The zero-order valence-electron chi connectivity index (χ0n) is 6.45. The number of oxime groups is 1. The van der Waals surface area contributed by atoms with Crippen molar-refractivity contribution in [1.29, 1.82) is 0 Å². The topological polar surface area (TPSA) is 71.5 Å². The van der Waals surface area contributed by atoms with Gasteiger partial charge in [0.25, 0.3) is 0 Å². The maximum atomic E-state index is 8.37. The second-order valence-corrected chi connectivity index (χ2v) is 3.13. The Kier molecular flexibility index (Phi) is 2.65. The van der Waals surface area contributed by atoms with Crippen molar-refractivity contribution in [2.24, 2.45) is 10.9 Å². The molecular weight excluding hydrogens is 222 g/mol. The van der Waals surface area contributed by atoms with Gasteiger partial charge in [-0.3, -0.25) is 4.98 Å². The SMILES string of the molecule is Cc1ncc(/C(N)=N/O)cc1Br. The van der Waals surface area contributed by atoms with E-state index in [9.17, 15) is 0 Å². The summed E-state index contributed by atoms with van der Waals surface area (Å²) >= 11 is 3.29. The molecule has 0 radical (unpaired) electrons. The van der Waals surface area contributed by atoms with Crippen LogP contribution in [0.1, 0.15) is 11.3 Å². The molecule has 0 bridgehead atoms. The molecule has 0 unspecified atom stereocenters. The fourth-order valence-electron chi connectivity index (χ4n) is 0.704. The molecule has 1 heterocycles. The van der Waals surface area contributed by atoms with E-state index in [0.717, 1.165) is 10.2 Å². The van der Waals surface area contributed by atoms with Crippen molar-refractivity contribution in [3.05, 3.63) is 28.0 Å². The lowest BCUT2D eigenvalue weighted by molar-refractivity contribution is 0.318. The molecule has 4 nitrogen and oxygen atoms in total. The van der Waals surface area contributed by atoms with Gasteiger partial charge in [-0.1, -0.05) is 5.16 Å². The van der Waals surface area contributed by atoms with E-state index >= 15 is 0 Å². The fourth-order valence-corrected chi connectivity index (χ4v) is 1.05. The number of aryl methyl sites for hydroxylation is 1. The zero-order chi connectivity index (χ0) is 9.14. The first-order valence-electron chi connectivity index (χ1n) is 3.25. The molecule has 1 rings (SSSR count). The van der Waals surface area contributed by atoms with Crippen LogP contribution in [0.2, 0.25) is 0 Å². The van der Waals surface area contributed by atoms with Crippen LogP contribution in [0.15, 0.2) is 21.9 Å². The minimum absolute atomic E-state index is 0.0585. The van der Waals surface area contributed by atoms with Gasteiger partial charge >= 0.3 is 0 Å². The highest BCUT2D eigenvalue weighted by atomic mass is 79.9. The van der Waals surface area contributed by atoms with Gasteiger partial charge in [0.15, 0.2) is 5.84 Å². The molecule has 0 atom stereocenters. The Hall–Kier alpha value is -1.10. The predicted octanol–water partition coefficient (Wildman–Crippen LogP) is 1.25. The highest BCUT2D eigenvalue weighted by Crippen LogP contribution is 2.14. The van der Waals surface area contributed by atoms with Crippen LogP contribution in [0.3, 0.4) is 0 Å². The van der Waals surface area contributed by atoms with Crippen LogP contribution < -0.4 is 5.73 Å². The zero-order valence-corrected chi connectivity index (χ0v) is 8.04. The summed E-state index contributed by atoms with van der Waals surface area (Å²) in [5.74, 6) is 0.0585. The van der Waals surface area contributed by atoms with Crippen molar-refractivity contribution in [3.63, 3.8) is 0 Å². The molecule has 0 saturated carbocycles. The first-order chi connectivity index (χ1) is 5.65. The summed E-state index contributed by atoms with van der Waals surface area (Å²) in [6.45, 7) is 1.86. The maximum Gasteiger partial charge on any atom is 0.171 e. The van der Waals surface area contributed by atoms with Crippen LogP contribution in [-0.4, -0.2) is 16.0 Å². The van der Waals surface area contributed by atoms with Gasteiger partial charge < -0.3 is 10.9 Å². The molecule has 3 N–H and O–H groups in total. The van der Waals surface area contributed by atoms with Crippen LogP contribution in [0.4, 0.5) is 0 Å². The van der Waals surface area contributed by atoms with Crippen molar-refractivity contribution in [1.82, 2.24) is 4.98 Å². The van der Waals surface area contributed by atoms with Crippen molar-refractivity contribution >= 4 is 21.8 Å². The normalized spacial score (nSPS) is 11.7. The van der Waals surface area contributed by atoms with Crippen molar-refractivity contribution in [2.75, 3.05) is 0 Å². The second kappa shape index (κ2) is 3.53. The quantitative estimate of drug-likeness (QED) is 0.330. The van der Waals surface area contributed by atoms with Crippen LogP contribution in [0, 0.1) is 6.92 Å². The number of hydrogen-bond acceptors (Lipinski definition) is 3. The van der Waals surface area contributed by atoms with Gasteiger partial charge in [-0.2, -0.15) is 0 Å². The third kappa shape index (κ3) is 1.73. The first-order valence-corrected chi connectivity index (χ1v) is 4.04. The number of aromatic nitrogens is 1. The summed E-state index contributed by atoms with van der Waals surface area (Å²) < 4.78 is 0.839. The summed E-state index contributed by atoms with van der Waals surface area (Å²) in [6.07, 6.45) is 1.55. The van der Waals surface area contributed by atoms with E-state index in [2.05, 4.69) is 26.1 Å². The van der Waals surface area contributed by atoms with Gasteiger partial charge in [0.1, 0.15) is 0 Å². The summed E-state index contributed by atoms with van der Waals surface area (Å²) in [7, 11) is 0. The van der Waals surface area contributed by atoms with E-state index < -0.39 is 0 Å². The summed E-state index contributed by atoms with van der Waals surface area (Å²) in [5, 5.41) is 11.2. The van der Waals surface area contributed by atoms with Gasteiger partial charge in [0, 0.05) is 16.2 Å². The van der Waals surface area contributed by atoms with E-state index in [1.54, 1.807) is 12.3 Å². The number of nitrogens with two attached hydrogens (primary N) is 1. The number of amidine groups is 1. The monoisotopic (exact) mass is 229 g/mol. The van der Waals surface area contributed by atoms with Gasteiger partial charge in [-0.25, -0.2) is 0 Å². The largest absolute Gasteiger partial charge is 0.409 e. The Balaban J connectivity index is 3.13. The lowest BCUT2D eigenvalue weighted by atomic mass is 10.2. The van der Waals surface area contributed by atoms with E-state index in [0.29, 0.717) is 5.56 Å². The molecule has 0 saturated heterocycles. The molecule has 1 aromatic heterocycles. The summed E-state index contributed by atoms with van der Waals surface area (Å²) in [6, 6.07) is 1.75. The number of pyridine rings is 1. The predicted molar refractivity (Wildman–Crippen MR) is 49.2 cm³/mol. The van der Waals surface area contributed by atoms with Gasteiger partial charge in [-0.05, 0) is 28.9 Å². The van der Waals surface area contributed by atoms with E-state index in [-0.39, 0.29) is 5.84 Å². The molecule has 0 fully saturated rings. The third-order valence-electron chi connectivity index (χ3n) is 1.43. The number of nitrogens with zero attached hydrogens (tertiary/aromatic N) is 2. The summed E-state index contributed by atoms with van der Waals surface area (Å²) in [5.41, 5.74) is 6.81. The van der Waals surface area contributed by atoms with Crippen LogP contribution in [0.25, 0.3) is 0 Å². The molecule has 5 heteroatoms. The molecule has 12 heavy (non-hydrogen) atoms. The Morgan fingerprint density at radius 3 is 2.92 bits per heavy atom. The van der Waals surface area contributed by atoms with Crippen LogP contribution in [-0.2, 0) is 0 Å². The number of rotatable bonds is 1. The molecule has 0 aliphatic heterocycles. The smallest absolute Gasteiger partial charge is 0.171 e. The lowest BCUT2D eigenvalue weighted by Gasteiger charge is -2.00. The lowest BCUT2D eigenvalue weighted by Crippen LogP contribution is -2.13. The van der Waals surface area contributed by atoms with Crippen LogP contribution in [0.5, 0.6) is 0 Å². The van der Waals surface area contributed by atoms with Gasteiger partial charge in [-0.15, -0.1) is 0 Å². The number of hydrogen-bond donors (Lipinski definition) is 2. The Labute approximate surface area is 78.2 Å².